The van der Waals surface area contributed by atoms with Crippen molar-refractivity contribution in [2.24, 2.45) is 4.99 Å². The maximum Gasteiger partial charge on any atom is 0.246 e. The van der Waals surface area contributed by atoms with Crippen molar-refractivity contribution in [1.29, 1.82) is 0 Å². The summed E-state index contributed by atoms with van der Waals surface area (Å²) < 4.78 is 0. The van der Waals surface area contributed by atoms with Crippen LogP contribution in [0.4, 0.5) is 11.4 Å². The number of carbonyl (C=O) groups excluding carboxylic acids is 1. The number of nitrogens with one attached hydrogen (secondary N) is 1. The lowest BCUT2D eigenvalue weighted by Gasteiger charge is -2.30. The Morgan fingerprint density at radius 1 is 0.962 bits per heavy atom. The first-order valence-electron chi connectivity index (χ1n) is 9.22. The number of hydrogen-bond donors (Lipinski definition) is 1. The number of aliphatic imine (C=N–C) groups is 1. The van der Waals surface area contributed by atoms with Crippen molar-refractivity contribution < 1.29 is 4.79 Å². The van der Waals surface area contributed by atoms with Gasteiger partial charge in [0, 0.05) is 31.5 Å². The molecule has 0 aliphatic carbocycles. The van der Waals surface area contributed by atoms with E-state index in [1.807, 2.05) is 29.2 Å². The Hall–Kier alpha value is -2.82. The molecule has 26 heavy (non-hydrogen) atoms. The molecule has 134 valence electrons. The summed E-state index contributed by atoms with van der Waals surface area (Å²) in [6.45, 7) is 1.92. The minimum atomic E-state index is 0.0887. The maximum absolute atomic E-state index is 12.8. The van der Waals surface area contributed by atoms with Gasteiger partial charge in [0.05, 0.1) is 6.54 Å². The molecule has 2 aliphatic heterocycles. The first-order valence-corrected chi connectivity index (χ1v) is 9.22. The van der Waals surface area contributed by atoms with Gasteiger partial charge in [-0.1, -0.05) is 36.4 Å². The van der Waals surface area contributed by atoms with Gasteiger partial charge in [0.15, 0.2) is 5.96 Å². The minimum absolute atomic E-state index is 0.0887. The SMILES string of the molecule is CN=C(NCC(=O)N1CCCc2ccccc21)N1CCc2ccccc21. The summed E-state index contributed by atoms with van der Waals surface area (Å²) in [4.78, 5) is 21.3. The summed E-state index contributed by atoms with van der Waals surface area (Å²) in [6.07, 6.45) is 3.06. The van der Waals surface area contributed by atoms with Crippen molar-refractivity contribution in [1.82, 2.24) is 5.32 Å². The van der Waals surface area contributed by atoms with Crippen LogP contribution in [0.5, 0.6) is 0 Å². The van der Waals surface area contributed by atoms with Crippen LogP contribution >= 0.6 is 0 Å². The minimum Gasteiger partial charge on any atom is -0.347 e. The fourth-order valence-electron chi connectivity index (χ4n) is 3.90. The highest BCUT2D eigenvalue weighted by molar-refractivity contribution is 6.02. The monoisotopic (exact) mass is 348 g/mol. The van der Waals surface area contributed by atoms with Gasteiger partial charge in [-0.3, -0.25) is 9.79 Å². The van der Waals surface area contributed by atoms with Crippen LogP contribution < -0.4 is 15.1 Å². The fourth-order valence-corrected chi connectivity index (χ4v) is 3.90. The third kappa shape index (κ3) is 3.05. The maximum atomic E-state index is 12.8. The molecule has 0 atom stereocenters. The summed E-state index contributed by atoms with van der Waals surface area (Å²) in [7, 11) is 1.77. The Labute approximate surface area is 154 Å². The second kappa shape index (κ2) is 7.20. The number of carbonyl (C=O) groups is 1. The van der Waals surface area contributed by atoms with E-state index in [0.717, 1.165) is 44.0 Å². The first-order chi connectivity index (χ1) is 12.8. The predicted octanol–water partition coefficient (Wildman–Crippen LogP) is 2.60. The van der Waals surface area contributed by atoms with Crippen molar-refractivity contribution in [3.63, 3.8) is 0 Å². The van der Waals surface area contributed by atoms with Crippen molar-refractivity contribution in [3.05, 3.63) is 59.7 Å². The zero-order valence-corrected chi connectivity index (χ0v) is 15.1. The predicted molar refractivity (Wildman–Crippen MR) is 106 cm³/mol. The van der Waals surface area contributed by atoms with Crippen LogP contribution in [0.3, 0.4) is 0 Å². The molecule has 1 N–H and O–H groups in total. The summed E-state index contributed by atoms with van der Waals surface area (Å²) in [5.74, 6) is 0.847. The molecule has 4 rings (SSSR count). The van der Waals surface area contributed by atoms with Gasteiger partial charge in [0.1, 0.15) is 0 Å². The molecule has 0 aromatic heterocycles. The van der Waals surface area contributed by atoms with E-state index in [1.54, 1.807) is 7.05 Å². The van der Waals surface area contributed by atoms with Gasteiger partial charge in [-0.25, -0.2) is 0 Å². The van der Waals surface area contributed by atoms with E-state index >= 15 is 0 Å². The van der Waals surface area contributed by atoms with E-state index < -0.39 is 0 Å². The van der Waals surface area contributed by atoms with Gasteiger partial charge in [0.25, 0.3) is 0 Å². The number of amides is 1. The zero-order valence-electron chi connectivity index (χ0n) is 15.1. The van der Waals surface area contributed by atoms with Crippen LogP contribution in [0.25, 0.3) is 0 Å². The summed E-state index contributed by atoms with van der Waals surface area (Å²) >= 11 is 0. The van der Waals surface area contributed by atoms with Gasteiger partial charge >= 0.3 is 0 Å². The second-order valence-corrected chi connectivity index (χ2v) is 6.71. The Bertz CT molecular complexity index is 845. The summed E-state index contributed by atoms with van der Waals surface area (Å²) in [5, 5.41) is 3.26. The van der Waals surface area contributed by atoms with Crippen LogP contribution in [0.2, 0.25) is 0 Å². The van der Waals surface area contributed by atoms with Crippen LogP contribution in [-0.2, 0) is 17.6 Å². The van der Waals surface area contributed by atoms with E-state index in [2.05, 4.69) is 39.5 Å². The van der Waals surface area contributed by atoms with Gasteiger partial charge in [0.2, 0.25) is 5.91 Å². The lowest BCUT2D eigenvalue weighted by molar-refractivity contribution is -0.117. The normalized spacial score (nSPS) is 16.3. The number of fused-ring (bicyclic) bond motifs is 2. The smallest absolute Gasteiger partial charge is 0.246 e. The number of para-hydroxylation sites is 2. The average Bonchev–Trinajstić information content (AvgIpc) is 3.12. The number of nitrogens with zero attached hydrogens (tertiary/aromatic N) is 3. The highest BCUT2D eigenvalue weighted by Crippen LogP contribution is 2.28. The largest absolute Gasteiger partial charge is 0.347 e. The number of rotatable bonds is 2. The van der Waals surface area contributed by atoms with Crippen molar-refractivity contribution in [3.8, 4) is 0 Å². The first kappa shape index (κ1) is 16.6. The zero-order chi connectivity index (χ0) is 17.9. The number of aryl methyl sites for hydroxylation is 1. The molecule has 2 heterocycles. The van der Waals surface area contributed by atoms with E-state index in [4.69, 9.17) is 0 Å². The average molecular weight is 348 g/mol. The molecule has 0 spiro atoms. The van der Waals surface area contributed by atoms with Crippen LogP contribution in [0.15, 0.2) is 53.5 Å². The van der Waals surface area contributed by atoms with E-state index in [0.29, 0.717) is 0 Å². The molecule has 0 unspecified atom stereocenters. The lowest BCUT2D eigenvalue weighted by atomic mass is 10.0. The van der Waals surface area contributed by atoms with Gasteiger partial charge < -0.3 is 15.1 Å². The molecule has 5 heteroatoms. The fraction of sp³-hybridized carbons (Fsp3) is 0.333. The number of guanidine groups is 1. The van der Waals surface area contributed by atoms with Crippen LogP contribution in [-0.4, -0.2) is 38.5 Å². The molecule has 1 amide bonds. The molecule has 0 bridgehead atoms. The Morgan fingerprint density at radius 2 is 1.62 bits per heavy atom. The third-order valence-corrected chi connectivity index (χ3v) is 5.16. The summed E-state index contributed by atoms with van der Waals surface area (Å²) in [6, 6.07) is 16.6. The molecule has 2 aromatic carbocycles. The molecule has 5 nitrogen and oxygen atoms in total. The van der Waals surface area contributed by atoms with Crippen molar-refractivity contribution in [2.75, 3.05) is 36.5 Å². The molecule has 0 saturated carbocycles. The number of benzene rings is 2. The summed E-state index contributed by atoms with van der Waals surface area (Å²) in [5.41, 5.74) is 4.81. The lowest BCUT2D eigenvalue weighted by Crippen LogP contribution is -2.47. The standard InChI is InChI=1S/C21H24N4O/c1-22-21(25-14-12-17-8-3-5-11-19(17)25)23-15-20(26)24-13-6-9-16-7-2-4-10-18(16)24/h2-5,7-8,10-11H,6,9,12-15H2,1H3,(H,22,23). The molecule has 0 fully saturated rings. The van der Waals surface area contributed by atoms with Crippen LogP contribution in [0, 0.1) is 0 Å². The van der Waals surface area contributed by atoms with Crippen molar-refractivity contribution >= 4 is 23.2 Å². The highest BCUT2D eigenvalue weighted by atomic mass is 16.2. The molecule has 0 radical (unpaired) electrons. The molecule has 2 aliphatic rings. The third-order valence-electron chi connectivity index (χ3n) is 5.16. The molecular formula is C21H24N4O. The van der Waals surface area contributed by atoms with Crippen molar-refractivity contribution in [2.45, 2.75) is 19.3 Å². The topological polar surface area (TPSA) is 47.9 Å². The quantitative estimate of drug-likeness (QED) is 0.670. The molecule has 0 saturated heterocycles. The molecule has 2 aromatic rings. The second-order valence-electron chi connectivity index (χ2n) is 6.71. The highest BCUT2D eigenvalue weighted by Gasteiger charge is 2.25. The number of hydrogen-bond acceptors (Lipinski definition) is 2. The Balaban J connectivity index is 1.45. The van der Waals surface area contributed by atoms with Gasteiger partial charge in [-0.2, -0.15) is 0 Å². The van der Waals surface area contributed by atoms with Gasteiger partial charge in [-0.15, -0.1) is 0 Å². The molecular weight excluding hydrogens is 324 g/mol. The Morgan fingerprint density at radius 3 is 2.35 bits per heavy atom. The van der Waals surface area contributed by atoms with E-state index in [-0.39, 0.29) is 12.5 Å². The van der Waals surface area contributed by atoms with E-state index in [1.165, 1.54) is 16.8 Å². The van der Waals surface area contributed by atoms with E-state index in [9.17, 15) is 4.79 Å². The number of anilines is 2. The van der Waals surface area contributed by atoms with Crippen LogP contribution in [0.1, 0.15) is 17.5 Å². The Kier molecular flexibility index (Phi) is 4.61. The van der Waals surface area contributed by atoms with Gasteiger partial charge in [-0.05, 0) is 42.5 Å².